The summed E-state index contributed by atoms with van der Waals surface area (Å²) in [5, 5.41) is 2.93. The minimum atomic E-state index is 0. The molecule has 5 heteroatoms. The van der Waals surface area contributed by atoms with E-state index in [0.29, 0.717) is 24.4 Å². The van der Waals surface area contributed by atoms with Gasteiger partial charge >= 0.3 is 0 Å². The summed E-state index contributed by atoms with van der Waals surface area (Å²) in [5.41, 5.74) is 6.22. The molecule has 0 saturated heterocycles. The Morgan fingerprint density at radius 2 is 1.89 bits per heavy atom. The predicted molar refractivity (Wildman–Crippen MR) is 79.9 cm³/mol. The summed E-state index contributed by atoms with van der Waals surface area (Å²) in [6.45, 7) is 4.25. The van der Waals surface area contributed by atoms with Gasteiger partial charge in [-0.15, -0.1) is 12.4 Å². The maximum atomic E-state index is 12.0. The highest BCUT2D eigenvalue weighted by atomic mass is 79.9. The van der Waals surface area contributed by atoms with Crippen LogP contribution in [0.2, 0.25) is 0 Å². The van der Waals surface area contributed by atoms with Gasteiger partial charge in [0.25, 0.3) is 0 Å². The van der Waals surface area contributed by atoms with E-state index in [2.05, 4.69) is 27.8 Å². The highest BCUT2D eigenvalue weighted by Crippen LogP contribution is 2.41. The van der Waals surface area contributed by atoms with Gasteiger partial charge in [-0.3, -0.25) is 4.79 Å². The zero-order valence-electron chi connectivity index (χ0n) is 10.5. The van der Waals surface area contributed by atoms with E-state index >= 15 is 0 Å². The average Bonchev–Trinajstić information content (AvgIpc) is 2.25. The van der Waals surface area contributed by atoms with Gasteiger partial charge in [-0.05, 0) is 37.5 Å². The van der Waals surface area contributed by atoms with E-state index in [9.17, 15) is 4.79 Å². The van der Waals surface area contributed by atoms with Crippen molar-refractivity contribution in [2.24, 2.45) is 23.5 Å². The lowest BCUT2D eigenvalue weighted by atomic mass is 9.65. The van der Waals surface area contributed by atoms with Crippen LogP contribution in [0.3, 0.4) is 0 Å². The lowest BCUT2D eigenvalue weighted by Gasteiger charge is -2.43. The Balaban J connectivity index is 0.00000162. The molecule has 0 aromatic carbocycles. The van der Waals surface area contributed by atoms with Crippen molar-refractivity contribution >= 4 is 34.2 Å². The molecule has 2 aliphatic rings. The van der Waals surface area contributed by atoms with Gasteiger partial charge in [0.1, 0.15) is 0 Å². The molecule has 0 aliphatic heterocycles. The fourth-order valence-corrected chi connectivity index (χ4v) is 3.47. The summed E-state index contributed by atoms with van der Waals surface area (Å²) < 4.78 is 0.818. The van der Waals surface area contributed by atoms with Crippen molar-refractivity contribution in [1.29, 1.82) is 0 Å². The number of hydrogen-bond acceptors (Lipinski definition) is 2. The van der Waals surface area contributed by atoms with Crippen LogP contribution in [0.25, 0.3) is 0 Å². The first-order valence-corrected chi connectivity index (χ1v) is 7.23. The largest absolute Gasteiger partial charge is 0.351 e. The summed E-state index contributed by atoms with van der Waals surface area (Å²) in [5.74, 6) is 1.46. The van der Waals surface area contributed by atoms with Gasteiger partial charge in [-0.25, -0.2) is 0 Å². The second-order valence-corrected chi connectivity index (χ2v) is 6.55. The van der Waals surface area contributed by atoms with Crippen molar-refractivity contribution in [2.75, 3.05) is 6.54 Å². The molecule has 3 N–H and O–H groups in total. The van der Waals surface area contributed by atoms with Crippen LogP contribution in [0.15, 0.2) is 11.1 Å². The normalized spacial score (nSPS) is 34.3. The number of carbonyl (C=O) groups is 1. The van der Waals surface area contributed by atoms with Crippen molar-refractivity contribution < 1.29 is 4.79 Å². The van der Waals surface area contributed by atoms with Crippen LogP contribution in [0.4, 0.5) is 0 Å². The SMILES string of the molecule is C=C(Br)CNC(=O)C1CC2CCCC(C1)C2N.Cl. The van der Waals surface area contributed by atoms with Crippen molar-refractivity contribution in [3.8, 4) is 0 Å². The molecule has 18 heavy (non-hydrogen) atoms. The fraction of sp³-hybridized carbons (Fsp3) is 0.769. The van der Waals surface area contributed by atoms with Crippen LogP contribution < -0.4 is 11.1 Å². The minimum absolute atomic E-state index is 0. The summed E-state index contributed by atoms with van der Waals surface area (Å²) in [6, 6.07) is 0.332. The minimum Gasteiger partial charge on any atom is -0.351 e. The molecular weight excluding hydrogens is 316 g/mol. The molecule has 3 nitrogen and oxygen atoms in total. The first-order chi connectivity index (χ1) is 8.08. The second-order valence-electron chi connectivity index (χ2n) is 5.43. The van der Waals surface area contributed by atoms with Crippen LogP contribution in [0.5, 0.6) is 0 Å². The molecule has 2 atom stereocenters. The Hall–Kier alpha value is -0.0600. The number of halogens is 2. The third-order valence-electron chi connectivity index (χ3n) is 4.24. The van der Waals surface area contributed by atoms with Crippen molar-refractivity contribution in [1.82, 2.24) is 5.32 Å². The van der Waals surface area contributed by atoms with E-state index in [1.165, 1.54) is 19.3 Å². The van der Waals surface area contributed by atoms with E-state index < -0.39 is 0 Å². The summed E-state index contributed by atoms with van der Waals surface area (Å²) in [4.78, 5) is 12.0. The third-order valence-corrected chi connectivity index (χ3v) is 4.52. The zero-order valence-corrected chi connectivity index (χ0v) is 12.9. The van der Waals surface area contributed by atoms with Gasteiger partial charge in [0, 0.05) is 23.0 Å². The van der Waals surface area contributed by atoms with Crippen LogP contribution in [0.1, 0.15) is 32.1 Å². The van der Waals surface area contributed by atoms with Gasteiger partial charge in [-0.1, -0.05) is 28.9 Å². The molecule has 0 aromatic rings. The Kier molecular flexibility index (Phi) is 6.15. The highest BCUT2D eigenvalue weighted by molar-refractivity contribution is 9.11. The molecule has 104 valence electrons. The smallest absolute Gasteiger partial charge is 0.223 e. The lowest BCUT2D eigenvalue weighted by Crippen LogP contribution is -2.49. The Bertz CT molecular complexity index is 310. The molecule has 2 saturated carbocycles. The van der Waals surface area contributed by atoms with Crippen LogP contribution in [0, 0.1) is 17.8 Å². The number of fused-ring (bicyclic) bond motifs is 2. The molecule has 0 heterocycles. The molecular formula is C13H22BrClN2O. The van der Waals surface area contributed by atoms with Gasteiger partial charge < -0.3 is 11.1 Å². The zero-order chi connectivity index (χ0) is 12.4. The van der Waals surface area contributed by atoms with Crippen molar-refractivity contribution in [3.05, 3.63) is 11.1 Å². The molecule has 2 fully saturated rings. The van der Waals surface area contributed by atoms with E-state index in [1.807, 2.05) is 0 Å². The second kappa shape index (κ2) is 6.92. The first-order valence-electron chi connectivity index (χ1n) is 6.44. The number of nitrogens with one attached hydrogen (secondary N) is 1. The maximum absolute atomic E-state index is 12.0. The van der Waals surface area contributed by atoms with Gasteiger partial charge in [-0.2, -0.15) is 0 Å². The molecule has 1 amide bonds. The monoisotopic (exact) mass is 336 g/mol. The van der Waals surface area contributed by atoms with E-state index in [1.54, 1.807) is 0 Å². The number of rotatable bonds is 3. The maximum Gasteiger partial charge on any atom is 0.223 e. The molecule has 2 bridgehead atoms. The molecule has 2 unspecified atom stereocenters. The van der Waals surface area contributed by atoms with Crippen LogP contribution in [-0.2, 0) is 4.79 Å². The summed E-state index contributed by atoms with van der Waals surface area (Å²) in [7, 11) is 0. The highest BCUT2D eigenvalue weighted by Gasteiger charge is 2.40. The Morgan fingerprint density at radius 1 is 1.33 bits per heavy atom. The molecule has 2 rings (SSSR count). The predicted octanol–water partition coefficient (Wildman–Crippen LogP) is 2.59. The van der Waals surface area contributed by atoms with Gasteiger partial charge in [0.2, 0.25) is 5.91 Å². The van der Waals surface area contributed by atoms with Crippen LogP contribution >= 0.6 is 28.3 Å². The number of nitrogens with two attached hydrogens (primary N) is 1. The van der Waals surface area contributed by atoms with E-state index in [0.717, 1.165) is 17.3 Å². The van der Waals surface area contributed by atoms with Gasteiger partial charge in [0.15, 0.2) is 0 Å². The topological polar surface area (TPSA) is 55.1 Å². The quantitative estimate of drug-likeness (QED) is 0.831. The number of amides is 1. The summed E-state index contributed by atoms with van der Waals surface area (Å²) in [6.07, 6.45) is 5.63. The third kappa shape index (κ3) is 3.72. The van der Waals surface area contributed by atoms with E-state index in [-0.39, 0.29) is 24.2 Å². The van der Waals surface area contributed by atoms with Crippen molar-refractivity contribution in [2.45, 2.75) is 38.1 Å². The lowest BCUT2D eigenvalue weighted by molar-refractivity contribution is -0.127. The number of hydrogen-bond donors (Lipinski definition) is 2. The standard InChI is InChI=1S/C13H21BrN2O.ClH/c1-8(14)7-16-13(17)11-5-9-3-2-4-10(6-11)12(9)15;/h9-12H,1-7,15H2,(H,16,17);1H. The van der Waals surface area contributed by atoms with E-state index in [4.69, 9.17) is 5.73 Å². The number of carbonyl (C=O) groups excluding carboxylic acids is 1. The Labute approximate surface area is 123 Å². The first kappa shape index (κ1) is 16.0. The molecule has 0 aromatic heterocycles. The van der Waals surface area contributed by atoms with Gasteiger partial charge in [0.05, 0.1) is 0 Å². The molecule has 0 radical (unpaired) electrons. The molecule has 0 spiro atoms. The fourth-order valence-electron chi connectivity index (χ4n) is 3.33. The summed E-state index contributed by atoms with van der Waals surface area (Å²) >= 11 is 3.26. The van der Waals surface area contributed by atoms with Crippen molar-refractivity contribution in [3.63, 3.8) is 0 Å². The molecule has 2 aliphatic carbocycles. The average molecular weight is 338 g/mol. The van der Waals surface area contributed by atoms with Crippen LogP contribution in [-0.4, -0.2) is 18.5 Å². The Morgan fingerprint density at radius 3 is 2.39 bits per heavy atom.